The molecule has 0 bridgehead atoms. The van der Waals surface area contributed by atoms with Crippen LogP contribution in [-0.4, -0.2) is 53.0 Å². The topological polar surface area (TPSA) is 60.9 Å². The number of halogens is 1. The predicted molar refractivity (Wildman–Crippen MR) is 87.4 cm³/mol. The van der Waals surface area contributed by atoms with Gasteiger partial charge in [-0.15, -0.1) is 0 Å². The van der Waals surface area contributed by atoms with Crippen molar-refractivity contribution >= 4 is 27.8 Å². The Balaban J connectivity index is 1.92. The molecule has 0 spiro atoms. The van der Waals surface area contributed by atoms with Gasteiger partial charge in [0.15, 0.2) is 0 Å². The predicted octanol–water partition coefficient (Wildman–Crippen LogP) is 2.20. The van der Waals surface area contributed by atoms with Gasteiger partial charge in [-0.1, -0.05) is 28.1 Å². The minimum absolute atomic E-state index is 0.0222. The zero-order valence-corrected chi connectivity index (χ0v) is 14.4. The molecule has 0 aromatic heterocycles. The van der Waals surface area contributed by atoms with Crippen LogP contribution >= 0.6 is 15.9 Å². The molecule has 6 heteroatoms. The van der Waals surface area contributed by atoms with Gasteiger partial charge in [-0.25, -0.2) is 0 Å². The van der Waals surface area contributed by atoms with Crippen LogP contribution in [0.1, 0.15) is 18.9 Å². The zero-order chi connectivity index (χ0) is 16.3. The van der Waals surface area contributed by atoms with E-state index in [1.165, 1.54) is 0 Å². The van der Waals surface area contributed by atoms with Gasteiger partial charge in [0.05, 0.1) is 12.0 Å². The van der Waals surface area contributed by atoms with Crippen molar-refractivity contribution in [1.29, 1.82) is 0 Å². The second kappa shape index (κ2) is 7.24. The van der Waals surface area contributed by atoms with Gasteiger partial charge >= 0.3 is 5.97 Å². The lowest BCUT2D eigenvalue weighted by Gasteiger charge is -2.28. The molecule has 1 aromatic carbocycles. The molecular formula is C16H21BrN2O3. The number of benzene rings is 1. The number of carbonyl (C=O) groups is 2. The molecule has 1 saturated heterocycles. The van der Waals surface area contributed by atoms with Crippen molar-refractivity contribution in [2.45, 2.75) is 25.9 Å². The molecule has 1 heterocycles. The molecule has 1 amide bonds. The molecule has 2 unspecified atom stereocenters. The van der Waals surface area contributed by atoms with E-state index in [1.807, 2.05) is 36.1 Å². The molecule has 1 fully saturated rings. The van der Waals surface area contributed by atoms with Crippen LogP contribution in [0, 0.1) is 5.92 Å². The first kappa shape index (κ1) is 17.0. The normalized spacial score (nSPS) is 19.9. The minimum atomic E-state index is -0.773. The zero-order valence-electron chi connectivity index (χ0n) is 12.8. The number of likely N-dealkylation sites (tertiary alicyclic amines) is 1. The van der Waals surface area contributed by atoms with Gasteiger partial charge in [0.1, 0.15) is 0 Å². The molecule has 0 aliphatic carbocycles. The van der Waals surface area contributed by atoms with Crippen molar-refractivity contribution < 1.29 is 14.7 Å². The lowest BCUT2D eigenvalue weighted by Crippen LogP contribution is -2.44. The third-order valence-corrected chi connectivity index (χ3v) is 4.71. The Hall–Kier alpha value is -1.40. The number of aliphatic carboxylic acids is 1. The van der Waals surface area contributed by atoms with E-state index >= 15 is 0 Å². The van der Waals surface area contributed by atoms with Crippen LogP contribution in [0.25, 0.3) is 0 Å². The fraction of sp³-hybridized carbons (Fsp3) is 0.500. The maximum Gasteiger partial charge on any atom is 0.307 e. The second-order valence-electron chi connectivity index (χ2n) is 5.82. The summed E-state index contributed by atoms with van der Waals surface area (Å²) in [6.07, 6.45) is 0.614. The van der Waals surface area contributed by atoms with Crippen molar-refractivity contribution in [1.82, 2.24) is 9.80 Å². The Labute approximate surface area is 139 Å². The van der Waals surface area contributed by atoms with E-state index in [1.54, 1.807) is 11.9 Å². The summed E-state index contributed by atoms with van der Waals surface area (Å²) in [7, 11) is 1.78. The molecule has 1 N–H and O–H groups in total. The Morgan fingerprint density at radius 1 is 1.41 bits per heavy atom. The number of carbonyl (C=O) groups excluding carboxylic acids is 1. The molecule has 22 heavy (non-hydrogen) atoms. The van der Waals surface area contributed by atoms with Crippen LogP contribution in [-0.2, 0) is 16.1 Å². The quantitative estimate of drug-likeness (QED) is 0.865. The summed E-state index contributed by atoms with van der Waals surface area (Å²) < 4.78 is 1.01. The van der Waals surface area contributed by atoms with Crippen LogP contribution in [0.5, 0.6) is 0 Å². The SMILES string of the molecule is CC(C(=O)N(C)Cc1ccc(Br)cc1)N1CCC(C(=O)O)C1. The summed E-state index contributed by atoms with van der Waals surface area (Å²) >= 11 is 3.39. The van der Waals surface area contributed by atoms with Crippen molar-refractivity contribution in [3.63, 3.8) is 0 Å². The van der Waals surface area contributed by atoms with E-state index in [2.05, 4.69) is 15.9 Å². The molecule has 1 aliphatic rings. The van der Waals surface area contributed by atoms with Crippen LogP contribution in [0.3, 0.4) is 0 Å². The van der Waals surface area contributed by atoms with Crippen molar-refractivity contribution in [3.05, 3.63) is 34.3 Å². The maximum absolute atomic E-state index is 12.5. The molecule has 120 valence electrons. The molecule has 5 nitrogen and oxygen atoms in total. The minimum Gasteiger partial charge on any atom is -0.481 e. The summed E-state index contributed by atoms with van der Waals surface area (Å²) in [4.78, 5) is 27.2. The summed E-state index contributed by atoms with van der Waals surface area (Å²) in [5.74, 6) is -1.11. The summed E-state index contributed by atoms with van der Waals surface area (Å²) in [6.45, 7) is 3.52. The van der Waals surface area contributed by atoms with Crippen molar-refractivity contribution in [2.75, 3.05) is 20.1 Å². The molecule has 1 aliphatic heterocycles. The van der Waals surface area contributed by atoms with Crippen LogP contribution in [0.2, 0.25) is 0 Å². The van der Waals surface area contributed by atoms with E-state index in [4.69, 9.17) is 5.11 Å². The first-order chi connectivity index (χ1) is 10.4. The monoisotopic (exact) mass is 368 g/mol. The van der Waals surface area contributed by atoms with Gasteiger partial charge in [-0.2, -0.15) is 0 Å². The summed E-state index contributed by atoms with van der Waals surface area (Å²) in [5.41, 5.74) is 1.07. The maximum atomic E-state index is 12.5. The standard InChI is InChI=1S/C16H21BrN2O3/c1-11(19-8-7-13(10-19)16(21)22)15(20)18(2)9-12-3-5-14(17)6-4-12/h3-6,11,13H,7-10H2,1-2H3,(H,21,22). The van der Waals surface area contributed by atoms with Crippen LogP contribution < -0.4 is 0 Å². The average molecular weight is 369 g/mol. The van der Waals surface area contributed by atoms with Crippen LogP contribution in [0.15, 0.2) is 28.7 Å². The van der Waals surface area contributed by atoms with Gasteiger partial charge in [0.25, 0.3) is 0 Å². The number of likely N-dealkylation sites (N-methyl/N-ethyl adjacent to an activating group) is 1. The van der Waals surface area contributed by atoms with E-state index < -0.39 is 5.97 Å². The highest BCUT2D eigenvalue weighted by Crippen LogP contribution is 2.20. The highest BCUT2D eigenvalue weighted by molar-refractivity contribution is 9.10. The van der Waals surface area contributed by atoms with Gasteiger partial charge in [-0.3, -0.25) is 14.5 Å². The number of carboxylic acid groups (broad SMARTS) is 1. The number of nitrogens with zero attached hydrogens (tertiary/aromatic N) is 2. The summed E-state index contributed by atoms with van der Waals surface area (Å²) in [5, 5.41) is 9.05. The highest BCUT2D eigenvalue weighted by atomic mass is 79.9. The molecule has 0 radical (unpaired) electrons. The van der Waals surface area contributed by atoms with E-state index in [0.717, 1.165) is 10.0 Å². The molecule has 0 saturated carbocycles. The fourth-order valence-electron chi connectivity index (χ4n) is 2.76. The molecule has 1 aromatic rings. The van der Waals surface area contributed by atoms with Gasteiger partial charge in [0, 0.05) is 24.6 Å². The number of rotatable bonds is 5. The van der Waals surface area contributed by atoms with Crippen molar-refractivity contribution in [3.8, 4) is 0 Å². The van der Waals surface area contributed by atoms with Gasteiger partial charge in [0.2, 0.25) is 5.91 Å². The van der Waals surface area contributed by atoms with E-state index in [0.29, 0.717) is 26.1 Å². The number of amides is 1. The van der Waals surface area contributed by atoms with E-state index in [9.17, 15) is 9.59 Å². The third-order valence-electron chi connectivity index (χ3n) is 4.18. The molecule has 2 rings (SSSR count). The number of hydrogen-bond acceptors (Lipinski definition) is 3. The van der Waals surface area contributed by atoms with Crippen molar-refractivity contribution in [2.24, 2.45) is 5.92 Å². The fourth-order valence-corrected chi connectivity index (χ4v) is 3.02. The van der Waals surface area contributed by atoms with Gasteiger partial charge in [-0.05, 0) is 37.6 Å². The second-order valence-corrected chi connectivity index (χ2v) is 6.73. The molecular weight excluding hydrogens is 348 g/mol. The Morgan fingerprint density at radius 2 is 2.05 bits per heavy atom. The number of hydrogen-bond donors (Lipinski definition) is 1. The van der Waals surface area contributed by atoms with Gasteiger partial charge < -0.3 is 10.0 Å². The van der Waals surface area contributed by atoms with E-state index in [-0.39, 0.29) is 17.9 Å². The Bertz CT molecular complexity index is 547. The number of carboxylic acids is 1. The Kier molecular flexibility index (Phi) is 5.58. The average Bonchev–Trinajstić information content (AvgIpc) is 2.98. The third kappa shape index (κ3) is 4.08. The molecule has 2 atom stereocenters. The first-order valence-corrected chi connectivity index (χ1v) is 8.14. The Morgan fingerprint density at radius 3 is 2.59 bits per heavy atom. The summed E-state index contributed by atoms with van der Waals surface area (Å²) in [6, 6.07) is 7.58. The highest BCUT2D eigenvalue weighted by Gasteiger charge is 2.33. The lowest BCUT2D eigenvalue weighted by atomic mass is 10.1. The largest absolute Gasteiger partial charge is 0.481 e. The van der Waals surface area contributed by atoms with Crippen LogP contribution in [0.4, 0.5) is 0 Å². The smallest absolute Gasteiger partial charge is 0.307 e. The lowest BCUT2D eigenvalue weighted by molar-refractivity contribution is -0.142. The first-order valence-electron chi connectivity index (χ1n) is 7.34.